The van der Waals surface area contributed by atoms with Crippen molar-refractivity contribution in [1.82, 2.24) is 25.1 Å². The summed E-state index contributed by atoms with van der Waals surface area (Å²) in [6.07, 6.45) is 7.35. The van der Waals surface area contributed by atoms with Crippen LogP contribution in [0.4, 0.5) is 0 Å². The Morgan fingerprint density at radius 2 is 1.77 bits per heavy atom. The maximum absolute atomic E-state index is 13.3. The molecule has 3 N–H and O–H groups in total. The molecule has 8 heteroatoms. The van der Waals surface area contributed by atoms with E-state index in [0.29, 0.717) is 23.3 Å². The van der Waals surface area contributed by atoms with Crippen LogP contribution in [0.15, 0.2) is 12.3 Å². The van der Waals surface area contributed by atoms with Crippen LogP contribution in [0.5, 0.6) is 0 Å². The van der Waals surface area contributed by atoms with Crippen molar-refractivity contribution in [2.45, 2.75) is 77.8 Å². The molecule has 0 aliphatic heterocycles. The van der Waals surface area contributed by atoms with Crippen LogP contribution in [-0.2, 0) is 0 Å². The number of nitrogens with two attached hydrogens (primary N) is 1. The first-order valence-corrected chi connectivity index (χ1v) is 10.8. The second-order valence-electron chi connectivity index (χ2n) is 9.16. The van der Waals surface area contributed by atoms with Gasteiger partial charge in [0, 0.05) is 29.7 Å². The number of halogens is 1. The lowest BCUT2D eigenvalue weighted by atomic mass is 9.67. The van der Waals surface area contributed by atoms with Crippen molar-refractivity contribution in [3.8, 4) is 5.95 Å². The van der Waals surface area contributed by atoms with E-state index in [2.05, 4.69) is 34.2 Å². The lowest BCUT2D eigenvalue weighted by Gasteiger charge is -2.45. The number of nitrogens with one attached hydrogen (secondary N) is 1. The van der Waals surface area contributed by atoms with Crippen LogP contribution >= 0.6 is 12.4 Å². The molecular weight excluding hydrogens is 400 g/mol. The highest BCUT2D eigenvalue weighted by Gasteiger charge is 2.40. The molecule has 1 amide bonds. The fraction of sp³-hybridized carbons (Fsp3) is 0.636. The first-order chi connectivity index (χ1) is 13.8. The van der Waals surface area contributed by atoms with Crippen molar-refractivity contribution in [1.29, 1.82) is 0 Å². The molecular formula is C22H33ClN6O. The Hall–Kier alpha value is -1.99. The van der Waals surface area contributed by atoms with Crippen molar-refractivity contribution in [3.05, 3.63) is 34.9 Å². The van der Waals surface area contributed by atoms with Crippen molar-refractivity contribution < 1.29 is 4.79 Å². The predicted molar refractivity (Wildman–Crippen MR) is 119 cm³/mol. The van der Waals surface area contributed by atoms with E-state index >= 15 is 0 Å². The van der Waals surface area contributed by atoms with Gasteiger partial charge < -0.3 is 11.1 Å². The molecule has 2 aliphatic rings. The van der Waals surface area contributed by atoms with E-state index in [4.69, 9.17) is 5.73 Å². The number of carbonyl (C=O) groups excluding carboxylic acids is 1. The fourth-order valence-electron chi connectivity index (χ4n) is 5.15. The average Bonchev–Trinajstić information content (AvgIpc) is 3.07. The highest BCUT2D eigenvalue weighted by Crippen LogP contribution is 2.39. The van der Waals surface area contributed by atoms with Crippen LogP contribution in [0.25, 0.3) is 5.95 Å². The van der Waals surface area contributed by atoms with E-state index in [9.17, 15) is 4.79 Å². The molecule has 0 spiro atoms. The van der Waals surface area contributed by atoms with Crippen LogP contribution in [0.3, 0.4) is 0 Å². The SMILES string of the molecule is Cc1cc(C)nc(-n2cc(C(=O)NC3C4CCCC3CC(N)C4)c(C(C)C)n2)n1.Cl. The summed E-state index contributed by atoms with van der Waals surface area (Å²) >= 11 is 0. The summed E-state index contributed by atoms with van der Waals surface area (Å²) in [6, 6.07) is 2.42. The van der Waals surface area contributed by atoms with Gasteiger partial charge in [-0.2, -0.15) is 5.10 Å². The molecule has 2 heterocycles. The zero-order valence-electron chi connectivity index (χ0n) is 18.3. The number of amides is 1. The van der Waals surface area contributed by atoms with Gasteiger partial charge in [0.2, 0.25) is 0 Å². The van der Waals surface area contributed by atoms with Crippen molar-refractivity contribution in [2.75, 3.05) is 0 Å². The van der Waals surface area contributed by atoms with Gasteiger partial charge in [-0.15, -0.1) is 12.4 Å². The molecule has 2 unspecified atom stereocenters. The molecule has 0 aromatic carbocycles. The molecule has 2 fully saturated rings. The Balaban J connectivity index is 0.00000256. The van der Waals surface area contributed by atoms with Gasteiger partial charge in [-0.05, 0) is 63.4 Å². The van der Waals surface area contributed by atoms with Crippen LogP contribution in [0, 0.1) is 25.7 Å². The molecule has 2 aliphatic carbocycles. The Kier molecular flexibility index (Phi) is 6.82. The largest absolute Gasteiger partial charge is 0.349 e. The Morgan fingerprint density at radius 3 is 2.33 bits per heavy atom. The topological polar surface area (TPSA) is 98.7 Å². The number of aryl methyl sites for hydroxylation is 2. The zero-order chi connectivity index (χ0) is 20.7. The van der Waals surface area contributed by atoms with Crippen LogP contribution in [-0.4, -0.2) is 37.7 Å². The number of nitrogens with zero attached hydrogens (tertiary/aromatic N) is 4. The van der Waals surface area contributed by atoms with E-state index in [1.807, 2.05) is 19.9 Å². The number of rotatable bonds is 4. The molecule has 4 rings (SSSR count). The van der Waals surface area contributed by atoms with Gasteiger partial charge in [0.25, 0.3) is 11.9 Å². The summed E-state index contributed by atoms with van der Waals surface area (Å²) in [7, 11) is 0. The highest BCUT2D eigenvalue weighted by molar-refractivity contribution is 5.95. The monoisotopic (exact) mass is 432 g/mol. The molecule has 164 valence electrons. The number of carbonyl (C=O) groups is 1. The molecule has 0 radical (unpaired) electrons. The van der Waals surface area contributed by atoms with Crippen LogP contribution in [0.2, 0.25) is 0 Å². The third-order valence-corrected chi connectivity index (χ3v) is 6.38. The van der Waals surface area contributed by atoms with Gasteiger partial charge in [0.05, 0.1) is 11.3 Å². The Bertz CT molecular complexity index is 877. The number of aromatic nitrogens is 4. The average molecular weight is 433 g/mol. The van der Waals surface area contributed by atoms with Gasteiger partial charge in [-0.1, -0.05) is 20.3 Å². The van der Waals surface area contributed by atoms with Gasteiger partial charge in [-0.3, -0.25) is 4.79 Å². The molecule has 2 bridgehead atoms. The molecule has 2 aromatic rings. The highest BCUT2D eigenvalue weighted by atomic mass is 35.5. The zero-order valence-corrected chi connectivity index (χ0v) is 19.1. The summed E-state index contributed by atoms with van der Waals surface area (Å²) < 4.78 is 1.64. The normalized spacial score (nSPS) is 25.7. The number of hydrogen-bond acceptors (Lipinski definition) is 5. The minimum Gasteiger partial charge on any atom is -0.349 e. The second kappa shape index (κ2) is 9.02. The summed E-state index contributed by atoms with van der Waals surface area (Å²) in [4.78, 5) is 22.3. The molecule has 2 atom stereocenters. The van der Waals surface area contributed by atoms with Crippen LogP contribution in [0.1, 0.15) is 79.3 Å². The van der Waals surface area contributed by atoms with Gasteiger partial charge in [0.15, 0.2) is 0 Å². The second-order valence-corrected chi connectivity index (χ2v) is 9.16. The summed E-state index contributed by atoms with van der Waals surface area (Å²) in [5.74, 6) is 1.57. The van der Waals surface area contributed by atoms with E-state index < -0.39 is 0 Å². The van der Waals surface area contributed by atoms with E-state index in [1.54, 1.807) is 10.9 Å². The summed E-state index contributed by atoms with van der Waals surface area (Å²) in [5, 5.41) is 8.02. The van der Waals surface area contributed by atoms with Crippen LogP contribution < -0.4 is 11.1 Å². The number of hydrogen-bond donors (Lipinski definition) is 2. The quantitative estimate of drug-likeness (QED) is 0.770. The minimum absolute atomic E-state index is 0. The smallest absolute Gasteiger partial charge is 0.255 e. The van der Waals surface area contributed by atoms with Crippen molar-refractivity contribution in [3.63, 3.8) is 0 Å². The maximum Gasteiger partial charge on any atom is 0.255 e. The first kappa shape index (κ1) is 22.7. The van der Waals surface area contributed by atoms with E-state index in [0.717, 1.165) is 42.8 Å². The Morgan fingerprint density at radius 1 is 1.17 bits per heavy atom. The summed E-state index contributed by atoms with van der Waals surface area (Å²) in [5.41, 5.74) is 9.41. The molecule has 2 aromatic heterocycles. The lowest BCUT2D eigenvalue weighted by molar-refractivity contribution is 0.0755. The lowest BCUT2D eigenvalue weighted by Crippen LogP contribution is -2.53. The number of fused-ring (bicyclic) bond motifs is 2. The van der Waals surface area contributed by atoms with Gasteiger partial charge >= 0.3 is 0 Å². The van der Waals surface area contributed by atoms with Gasteiger partial charge in [-0.25, -0.2) is 14.6 Å². The molecule has 2 saturated carbocycles. The van der Waals surface area contributed by atoms with E-state index in [1.165, 1.54) is 6.42 Å². The predicted octanol–water partition coefficient (Wildman–Crippen LogP) is 3.46. The third-order valence-electron chi connectivity index (χ3n) is 6.38. The molecule has 7 nitrogen and oxygen atoms in total. The minimum atomic E-state index is -0.0401. The molecule has 0 saturated heterocycles. The van der Waals surface area contributed by atoms with Crippen molar-refractivity contribution >= 4 is 18.3 Å². The third kappa shape index (κ3) is 4.52. The summed E-state index contributed by atoms with van der Waals surface area (Å²) in [6.45, 7) is 7.98. The molecule has 30 heavy (non-hydrogen) atoms. The maximum atomic E-state index is 13.3. The Labute approximate surface area is 184 Å². The standard InChI is InChI=1S/C22H32N6O.ClH/c1-12(2)19-18(11-28(27-19)22-24-13(3)8-14(4)25-22)21(29)26-20-15-6-5-7-16(20)10-17(23)9-15;/h8,11-12,15-17,20H,5-7,9-10,23H2,1-4H3,(H,26,29);1H. The first-order valence-electron chi connectivity index (χ1n) is 10.8. The fourth-order valence-corrected chi connectivity index (χ4v) is 5.15. The van der Waals surface area contributed by atoms with E-state index in [-0.39, 0.29) is 36.3 Å². The van der Waals surface area contributed by atoms with Crippen molar-refractivity contribution in [2.24, 2.45) is 17.6 Å². The van der Waals surface area contributed by atoms with Gasteiger partial charge in [0.1, 0.15) is 0 Å².